The molecular formula is C18H22F3N3O. The maximum atomic E-state index is 13.1. The third kappa shape index (κ3) is 5.34. The highest BCUT2D eigenvalue weighted by molar-refractivity contribution is 5.79. The summed E-state index contributed by atoms with van der Waals surface area (Å²) < 4.78 is 41.0. The number of hydrogen-bond acceptors (Lipinski definition) is 2. The number of alkyl halides is 3. The van der Waals surface area contributed by atoms with E-state index in [0.29, 0.717) is 6.54 Å². The van der Waals surface area contributed by atoms with Crippen molar-refractivity contribution in [3.63, 3.8) is 0 Å². The van der Waals surface area contributed by atoms with Gasteiger partial charge in [-0.15, -0.1) is 0 Å². The summed E-state index contributed by atoms with van der Waals surface area (Å²) in [5.74, 6) is -0.434. The van der Waals surface area contributed by atoms with Gasteiger partial charge in [0.15, 0.2) is 0 Å². The summed E-state index contributed by atoms with van der Waals surface area (Å²) >= 11 is 0. The first-order valence-electron chi connectivity index (χ1n) is 7.97. The zero-order valence-electron chi connectivity index (χ0n) is 14.5. The average molecular weight is 353 g/mol. The van der Waals surface area contributed by atoms with Crippen molar-refractivity contribution in [2.75, 3.05) is 0 Å². The van der Waals surface area contributed by atoms with Gasteiger partial charge in [0.05, 0.1) is 24.4 Å². The summed E-state index contributed by atoms with van der Waals surface area (Å²) in [4.78, 5) is 16.3. The van der Waals surface area contributed by atoms with E-state index in [4.69, 9.17) is 0 Å². The quantitative estimate of drug-likeness (QED) is 0.891. The SMILES string of the molecule is CC(C)(C)[C@@H](Cn1ccnc1)NC(=O)Cc1ccccc1C(F)(F)F. The molecule has 1 aromatic carbocycles. The van der Waals surface area contributed by atoms with Gasteiger partial charge in [0.1, 0.15) is 0 Å². The molecule has 0 spiro atoms. The Hall–Kier alpha value is -2.31. The molecule has 4 nitrogen and oxygen atoms in total. The van der Waals surface area contributed by atoms with Gasteiger partial charge >= 0.3 is 6.18 Å². The molecule has 0 saturated heterocycles. The Bertz CT molecular complexity index is 703. The van der Waals surface area contributed by atoms with Crippen molar-refractivity contribution in [1.82, 2.24) is 14.9 Å². The lowest BCUT2D eigenvalue weighted by atomic mass is 9.86. The molecule has 0 aliphatic heterocycles. The predicted octanol–water partition coefficient (Wildman–Crippen LogP) is 3.68. The fourth-order valence-electron chi connectivity index (χ4n) is 2.51. The molecule has 0 fully saturated rings. The van der Waals surface area contributed by atoms with Gasteiger partial charge < -0.3 is 9.88 Å². The second-order valence-corrected chi connectivity index (χ2v) is 7.08. The minimum atomic E-state index is -4.48. The van der Waals surface area contributed by atoms with E-state index >= 15 is 0 Å². The summed E-state index contributed by atoms with van der Waals surface area (Å²) in [5.41, 5.74) is -1.06. The lowest BCUT2D eigenvalue weighted by molar-refractivity contribution is -0.138. The number of carbonyl (C=O) groups is 1. The van der Waals surface area contributed by atoms with Gasteiger partial charge in [0.25, 0.3) is 0 Å². The zero-order chi connectivity index (χ0) is 18.7. The first-order valence-corrected chi connectivity index (χ1v) is 7.97. The van der Waals surface area contributed by atoms with Crippen LogP contribution in [0.15, 0.2) is 43.0 Å². The van der Waals surface area contributed by atoms with E-state index in [1.165, 1.54) is 18.2 Å². The Morgan fingerprint density at radius 1 is 1.24 bits per heavy atom. The number of rotatable bonds is 5. The van der Waals surface area contributed by atoms with Crippen molar-refractivity contribution in [2.45, 2.75) is 46.0 Å². The van der Waals surface area contributed by atoms with Gasteiger partial charge in [-0.05, 0) is 17.0 Å². The van der Waals surface area contributed by atoms with Crippen LogP contribution < -0.4 is 5.32 Å². The largest absolute Gasteiger partial charge is 0.416 e. The van der Waals surface area contributed by atoms with Crippen LogP contribution in [0.1, 0.15) is 31.9 Å². The van der Waals surface area contributed by atoms with Crippen molar-refractivity contribution >= 4 is 5.91 Å². The number of nitrogens with zero attached hydrogens (tertiary/aromatic N) is 2. The van der Waals surface area contributed by atoms with Crippen molar-refractivity contribution in [2.24, 2.45) is 5.41 Å². The van der Waals surface area contributed by atoms with Gasteiger partial charge in [0, 0.05) is 18.9 Å². The van der Waals surface area contributed by atoms with E-state index in [-0.39, 0.29) is 23.4 Å². The Morgan fingerprint density at radius 2 is 1.92 bits per heavy atom. The monoisotopic (exact) mass is 353 g/mol. The van der Waals surface area contributed by atoms with E-state index in [0.717, 1.165) is 6.07 Å². The topological polar surface area (TPSA) is 46.9 Å². The molecule has 1 atom stereocenters. The normalized spacial score (nSPS) is 13.5. The standard InChI is InChI=1S/C18H22F3N3O/c1-17(2,3)15(11-24-9-8-22-12-24)23-16(25)10-13-6-4-5-7-14(13)18(19,20)21/h4-9,12,15H,10-11H2,1-3H3,(H,23,25)/t15-/m1/s1. The summed E-state index contributed by atoms with van der Waals surface area (Å²) in [6.45, 7) is 6.41. The second-order valence-electron chi connectivity index (χ2n) is 7.08. The first kappa shape index (κ1) is 19.0. The van der Waals surface area contributed by atoms with E-state index < -0.39 is 17.6 Å². The maximum absolute atomic E-state index is 13.1. The molecule has 0 aliphatic carbocycles. The number of hydrogen-bond donors (Lipinski definition) is 1. The molecule has 1 heterocycles. The number of amides is 1. The van der Waals surface area contributed by atoms with Crippen LogP contribution >= 0.6 is 0 Å². The number of carbonyl (C=O) groups excluding carboxylic acids is 1. The number of halogens is 3. The van der Waals surface area contributed by atoms with E-state index in [1.807, 2.05) is 25.3 Å². The van der Waals surface area contributed by atoms with E-state index in [9.17, 15) is 18.0 Å². The molecule has 0 radical (unpaired) electrons. The lowest BCUT2D eigenvalue weighted by Crippen LogP contribution is -2.46. The van der Waals surface area contributed by atoms with Gasteiger partial charge in [0.2, 0.25) is 5.91 Å². The number of benzene rings is 1. The van der Waals surface area contributed by atoms with Crippen LogP contribution in [0.25, 0.3) is 0 Å². The maximum Gasteiger partial charge on any atom is 0.416 e. The Morgan fingerprint density at radius 3 is 2.48 bits per heavy atom. The van der Waals surface area contributed by atoms with E-state index in [2.05, 4.69) is 10.3 Å². The van der Waals surface area contributed by atoms with Crippen LogP contribution in [0.2, 0.25) is 0 Å². The van der Waals surface area contributed by atoms with Gasteiger partial charge in [-0.1, -0.05) is 39.0 Å². The molecular weight excluding hydrogens is 331 g/mol. The van der Waals surface area contributed by atoms with Crippen LogP contribution in [0.5, 0.6) is 0 Å². The number of nitrogens with one attached hydrogen (secondary N) is 1. The number of aromatic nitrogens is 2. The molecule has 1 N–H and O–H groups in total. The highest BCUT2D eigenvalue weighted by Gasteiger charge is 2.34. The Kier molecular flexibility index (Phi) is 5.55. The second kappa shape index (κ2) is 7.29. The summed E-state index contributed by atoms with van der Waals surface area (Å²) in [5, 5.41) is 2.87. The molecule has 0 bridgehead atoms. The average Bonchev–Trinajstić information content (AvgIpc) is 2.98. The van der Waals surface area contributed by atoms with Gasteiger partial charge in [-0.2, -0.15) is 13.2 Å². The summed E-state index contributed by atoms with van der Waals surface area (Å²) in [6, 6.07) is 4.91. The van der Waals surface area contributed by atoms with Gasteiger partial charge in [-0.3, -0.25) is 4.79 Å². The molecule has 1 amide bonds. The van der Waals surface area contributed by atoms with Crippen molar-refractivity contribution < 1.29 is 18.0 Å². The molecule has 25 heavy (non-hydrogen) atoms. The molecule has 1 aromatic heterocycles. The molecule has 7 heteroatoms. The van der Waals surface area contributed by atoms with E-state index in [1.54, 1.807) is 18.7 Å². The Labute approximate surface area is 145 Å². The molecule has 0 saturated carbocycles. The third-order valence-corrected chi connectivity index (χ3v) is 4.01. The minimum absolute atomic E-state index is 0.0252. The van der Waals surface area contributed by atoms with Crippen LogP contribution in [-0.2, 0) is 23.9 Å². The molecule has 0 unspecified atom stereocenters. The van der Waals surface area contributed by atoms with Crippen LogP contribution in [0.3, 0.4) is 0 Å². The first-order chi connectivity index (χ1) is 11.6. The van der Waals surface area contributed by atoms with Gasteiger partial charge in [-0.25, -0.2) is 4.98 Å². The summed E-state index contributed by atoms with van der Waals surface area (Å²) in [7, 11) is 0. The highest BCUT2D eigenvalue weighted by atomic mass is 19.4. The highest BCUT2D eigenvalue weighted by Crippen LogP contribution is 2.32. The van der Waals surface area contributed by atoms with Crippen molar-refractivity contribution in [3.8, 4) is 0 Å². The smallest absolute Gasteiger partial charge is 0.351 e. The molecule has 136 valence electrons. The van der Waals surface area contributed by atoms with Crippen LogP contribution in [0.4, 0.5) is 13.2 Å². The fraction of sp³-hybridized carbons (Fsp3) is 0.444. The molecule has 2 aromatic rings. The lowest BCUT2D eigenvalue weighted by Gasteiger charge is -2.32. The molecule has 2 rings (SSSR count). The van der Waals surface area contributed by atoms with Crippen molar-refractivity contribution in [3.05, 3.63) is 54.1 Å². The summed E-state index contributed by atoms with van der Waals surface area (Å²) in [6.07, 6.45) is 0.276. The van der Waals surface area contributed by atoms with Crippen LogP contribution in [0, 0.1) is 5.41 Å². The Balaban J connectivity index is 2.12. The predicted molar refractivity (Wildman–Crippen MR) is 88.8 cm³/mol. The fourth-order valence-corrected chi connectivity index (χ4v) is 2.51. The number of imidazole rings is 1. The zero-order valence-corrected chi connectivity index (χ0v) is 14.5. The van der Waals surface area contributed by atoms with Crippen molar-refractivity contribution in [1.29, 1.82) is 0 Å². The minimum Gasteiger partial charge on any atom is -0.351 e. The van der Waals surface area contributed by atoms with Crippen LogP contribution in [-0.4, -0.2) is 21.5 Å². The third-order valence-electron chi connectivity index (χ3n) is 4.01. The molecule has 0 aliphatic rings.